The first-order chi connectivity index (χ1) is 10.1. The molecule has 0 saturated heterocycles. The van der Waals surface area contributed by atoms with E-state index < -0.39 is 0 Å². The molecule has 0 fully saturated rings. The van der Waals surface area contributed by atoms with Crippen molar-refractivity contribution >= 4 is 11.3 Å². The maximum atomic E-state index is 6.32. The van der Waals surface area contributed by atoms with Crippen LogP contribution in [0.2, 0.25) is 0 Å². The Hall–Kier alpha value is -1.79. The molecule has 6 heteroatoms. The monoisotopic (exact) mass is 308 g/mol. The van der Waals surface area contributed by atoms with Crippen molar-refractivity contribution in [1.29, 1.82) is 0 Å². The van der Waals surface area contributed by atoms with Crippen molar-refractivity contribution in [3.05, 3.63) is 33.8 Å². The Labute approximate surface area is 128 Å². The third-order valence-corrected chi connectivity index (χ3v) is 4.18. The molecule has 0 spiro atoms. The van der Waals surface area contributed by atoms with Gasteiger partial charge in [-0.2, -0.15) is 0 Å². The highest BCUT2D eigenvalue weighted by Gasteiger charge is 2.21. The van der Waals surface area contributed by atoms with Gasteiger partial charge in [0.05, 0.1) is 26.3 Å². The maximum Gasteiger partial charge on any atom is 0.203 e. The Morgan fingerprint density at radius 2 is 1.86 bits per heavy atom. The van der Waals surface area contributed by atoms with Gasteiger partial charge in [0, 0.05) is 29.1 Å². The van der Waals surface area contributed by atoms with Gasteiger partial charge in [0.25, 0.3) is 0 Å². The second kappa shape index (κ2) is 6.78. The van der Waals surface area contributed by atoms with Crippen molar-refractivity contribution in [3.8, 4) is 17.2 Å². The fraction of sp³-hybridized carbons (Fsp3) is 0.400. The van der Waals surface area contributed by atoms with Crippen LogP contribution in [-0.2, 0) is 6.42 Å². The summed E-state index contributed by atoms with van der Waals surface area (Å²) in [6.45, 7) is 1.97. The van der Waals surface area contributed by atoms with E-state index in [2.05, 4.69) is 4.98 Å². The largest absolute Gasteiger partial charge is 0.493 e. The molecular formula is C15H20N2O3S. The molecule has 0 bridgehead atoms. The molecule has 2 aromatic rings. The summed E-state index contributed by atoms with van der Waals surface area (Å²) < 4.78 is 16.1. The minimum atomic E-state index is -0.217. The van der Waals surface area contributed by atoms with Crippen molar-refractivity contribution in [1.82, 2.24) is 4.98 Å². The lowest BCUT2D eigenvalue weighted by Gasteiger charge is -2.19. The number of hydrogen-bond acceptors (Lipinski definition) is 6. The number of aryl methyl sites for hydroxylation is 1. The highest BCUT2D eigenvalue weighted by atomic mass is 32.1. The summed E-state index contributed by atoms with van der Waals surface area (Å²) in [4.78, 5) is 4.45. The van der Waals surface area contributed by atoms with Gasteiger partial charge in [-0.25, -0.2) is 4.98 Å². The van der Waals surface area contributed by atoms with E-state index in [0.29, 0.717) is 23.7 Å². The van der Waals surface area contributed by atoms with Crippen molar-refractivity contribution in [2.75, 3.05) is 21.3 Å². The van der Waals surface area contributed by atoms with Crippen LogP contribution in [0.25, 0.3) is 0 Å². The molecule has 0 saturated carbocycles. The number of hydrogen-bond donors (Lipinski definition) is 1. The van der Waals surface area contributed by atoms with E-state index in [1.807, 2.05) is 24.4 Å². The topological polar surface area (TPSA) is 66.6 Å². The normalized spacial score (nSPS) is 12.0. The van der Waals surface area contributed by atoms with Crippen LogP contribution in [0.15, 0.2) is 17.5 Å². The van der Waals surface area contributed by atoms with Crippen LogP contribution >= 0.6 is 11.3 Å². The fourth-order valence-corrected chi connectivity index (χ4v) is 3.04. The van der Waals surface area contributed by atoms with Gasteiger partial charge in [-0.3, -0.25) is 0 Å². The lowest BCUT2D eigenvalue weighted by atomic mass is 10.0. The molecule has 1 aromatic carbocycles. The first-order valence-electron chi connectivity index (χ1n) is 6.56. The summed E-state index contributed by atoms with van der Waals surface area (Å²) in [6, 6.07) is 3.53. The van der Waals surface area contributed by atoms with Gasteiger partial charge in [0.1, 0.15) is 0 Å². The van der Waals surface area contributed by atoms with Gasteiger partial charge in [-0.1, -0.05) is 0 Å². The van der Waals surface area contributed by atoms with Crippen LogP contribution < -0.4 is 19.9 Å². The number of thiazole rings is 1. The molecule has 114 valence electrons. The number of benzene rings is 1. The van der Waals surface area contributed by atoms with Gasteiger partial charge in [-0.05, 0) is 19.1 Å². The number of ether oxygens (including phenoxy) is 3. The van der Waals surface area contributed by atoms with Crippen LogP contribution in [-0.4, -0.2) is 26.3 Å². The molecule has 21 heavy (non-hydrogen) atoms. The zero-order valence-corrected chi connectivity index (χ0v) is 13.5. The maximum absolute atomic E-state index is 6.32. The Bertz CT molecular complexity index is 613. The summed E-state index contributed by atoms with van der Waals surface area (Å²) in [5.74, 6) is 1.79. The molecule has 5 nitrogen and oxygen atoms in total. The molecule has 0 aliphatic heterocycles. The van der Waals surface area contributed by atoms with Gasteiger partial charge in [-0.15, -0.1) is 11.3 Å². The molecule has 2 rings (SSSR count). The predicted octanol–water partition coefficient (Wildman–Crippen LogP) is 2.72. The van der Waals surface area contributed by atoms with E-state index in [9.17, 15) is 0 Å². The quantitative estimate of drug-likeness (QED) is 0.889. The molecular weight excluding hydrogens is 288 g/mol. The summed E-state index contributed by atoms with van der Waals surface area (Å²) in [7, 11) is 4.77. The van der Waals surface area contributed by atoms with Gasteiger partial charge < -0.3 is 19.9 Å². The van der Waals surface area contributed by atoms with Gasteiger partial charge >= 0.3 is 0 Å². The number of aromatic nitrogens is 1. The summed E-state index contributed by atoms with van der Waals surface area (Å²) >= 11 is 1.62. The zero-order valence-electron chi connectivity index (χ0n) is 12.7. The molecule has 1 unspecified atom stereocenters. The standard InChI is InChI=1S/C15H20N2O3S/c1-9-8-21-13(17-9)7-11(16)10-5-6-12(18-2)15(20-4)14(10)19-3/h5-6,8,11H,7,16H2,1-4H3. The molecule has 1 aromatic heterocycles. The molecule has 1 heterocycles. The number of rotatable bonds is 6. The predicted molar refractivity (Wildman–Crippen MR) is 83.6 cm³/mol. The van der Waals surface area contributed by atoms with Crippen LogP contribution in [0, 0.1) is 6.92 Å². The zero-order chi connectivity index (χ0) is 15.4. The van der Waals surface area contributed by atoms with Gasteiger partial charge in [0.2, 0.25) is 5.75 Å². The van der Waals surface area contributed by atoms with E-state index in [-0.39, 0.29) is 6.04 Å². The molecule has 0 amide bonds. The smallest absolute Gasteiger partial charge is 0.203 e. The van der Waals surface area contributed by atoms with Crippen LogP contribution in [0.3, 0.4) is 0 Å². The van der Waals surface area contributed by atoms with Crippen molar-refractivity contribution < 1.29 is 14.2 Å². The number of methoxy groups -OCH3 is 3. The SMILES string of the molecule is COc1ccc(C(N)Cc2nc(C)cs2)c(OC)c1OC. The Kier molecular flexibility index (Phi) is 5.03. The third kappa shape index (κ3) is 3.28. The minimum Gasteiger partial charge on any atom is -0.493 e. The highest BCUT2D eigenvalue weighted by molar-refractivity contribution is 7.09. The van der Waals surface area contributed by atoms with Crippen LogP contribution in [0.4, 0.5) is 0 Å². The first-order valence-corrected chi connectivity index (χ1v) is 7.44. The molecule has 1 atom stereocenters. The van der Waals surface area contributed by atoms with Crippen molar-refractivity contribution in [2.45, 2.75) is 19.4 Å². The van der Waals surface area contributed by atoms with E-state index in [0.717, 1.165) is 16.3 Å². The highest BCUT2D eigenvalue weighted by Crippen LogP contribution is 2.42. The molecule has 0 aliphatic carbocycles. The Morgan fingerprint density at radius 3 is 2.38 bits per heavy atom. The first kappa shape index (κ1) is 15.6. The van der Waals surface area contributed by atoms with E-state index in [1.54, 1.807) is 32.7 Å². The molecule has 2 N–H and O–H groups in total. The Morgan fingerprint density at radius 1 is 1.14 bits per heavy atom. The lowest BCUT2D eigenvalue weighted by Crippen LogP contribution is -2.15. The number of nitrogens with zero attached hydrogens (tertiary/aromatic N) is 1. The average Bonchev–Trinajstić information content (AvgIpc) is 2.90. The fourth-order valence-electron chi connectivity index (χ4n) is 2.21. The number of nitrogens with two attached hydrogens (primary N) is 1. The average molecular weight is 308 g/mol. The van der Waals surface area contributed by atoms with Crippen molar-refractivity contribution in [2.24, 2.45) is 5.73 Å². The van der Waals surface area contributed by atoms with Crippen molar-refractivity contribution in [3.63, 3.8) is 0 Å². The molecule has 0 radical (unpaired) electrons. The summed E-state index contributed by atoms with van der Waals surface area (Å²) in [5, 5.41) is 3.03. The third-order valence-electron chi connectivity index (χ3n) is 3.20. The van der Waals surface area contributed by atoms with Crippen LogP contribution in [0.1, 0.15) is 22.3 Å². The van der Waals surface area contributed by atoms with Crippen LogP contribution in [0.5, 0.6) is 17.2 Å². The van der Waals surface area contributed by atoms with Gasteiger partial charge in [0.15, 0.2) is 11.5 Å². The molecule has 0 aliphatic rings. The van der Waals surface area contributed by atoms with E-state index >= 15 is 0 Å². The second-order valence-corrected chi connectivity index (χ2v) is 5.56. The Balaban J connectivity index is 2.33. The van der Waals surface area contributed by atoms with E-state index in [1.165, 1.54) is 0 Å². The summed E-state index contributed by atoms with van der Waals surface area (Å²) in [5.41, 5.74) is 8.21. The minimum absolute atomic E-state index is 0.217. The second-order valence-electron chi connectivity index (χ2n) is 4.62. The summed E-state index contributed by atoms with van der Waals surface area (Å²) in [6.07, 6.45) is 0.657. The van der Waals surface area contributed by atoms with E-state index in [4.69, 9.17) is 19.9 Å². The lowest BCUT2D eigenvalue weighted by molar-refractivity contribution is 0.320.